The average molecular weight is 518 g/mol. The topological polar surface area (TPSA) is 48.0 Å². The molecule has 5 rings (SSSR count). The summed E-state index contributed by atoms with van der Waals surface area (Å²) in [5.74, 6) is 1.60. The summed E-state index contributed by atoms with van der Waals surface area (Å²) < 4.78 is 18.0. The van der Waals surface area contributed by atoms with E-state index in [1.165, 1.54) is 11.1 Å². The van der Waals surface area contributed by atoms with Crippen LogP contribution < -0.4 is 9.47 Å². The lowest BCUT2D eigenvalue weighted by molar-refractivity contribution is -0.155. The Bertz CT molecular complexity index is 1120. The molecule has 1 spiro atoms. The molecule has 2 heterocycles. The SMILES string of the molecule is CC(C)(C)OC(=O)CCN1CCC2(CC1)COc1cc(OC3CCc4cc(Cl)cc(Cl)c43)ccc12. The molecule has 0 aromatic heterocycles. The van der Waals surface area contributed by atoms with E-state index in [2.05, 4.69) is 17.0 Å². The van der Waals surface area contributed by atoms with Crippen molar-refractivity contribution in [3.8, 4) is 11.5 Å². The molecule has 2 aromatic rings. The fourth-order valence-electron chi connectivity index (χ4n) is 5.61. The van der Waals surface area contributed by atoms with Gasteiger partial charge < -0.3 is 19.1 Å². The number of rotatable bonds is 5. The Hall–Kier alpha value is -1.95. The van der Waals surface area contributed by atoms with Gasteiger partial charge >= 0.3 is 5.97 Å². The van der Waals surface area contributed by atoms with Crippen molar-refractivity contribution in [2.75, 3.05) is 26.2 Å². The van der Waals surface area contributed by atoms with Crippen molar-refractivity contribution in [2.45, 2.75) is 70.0 Å². The second-order valence-corrected chi connectivity index (χ2v) is 11.9. The molecule has 0 amide bonds. The number of piperidine rings is 1. The highest BCUT2D eigenvalue weighted by Gasteiger charge is 2.43. The lowest BCUT2D eigenvalue weighted by atomic mass is 9.74. The van der Waals surface area contributed by atoms with Gasteiger partial charge in [0.1, 0.15) is 23.2 Å². The van der Waals surface area contributed by atoms with Gasteiger partial charge in [0.25, 0.3) is 0 Å². The van der Waals surface area contributed by atoms with Gasteiger partial charge in [-0.25, -0.2) is 0 Å². The van der Waals surface area contributed by atoms with Gasteiger partial charge in [0, 0.05) is 39.2 Å². The second-order valence-electron chi connectivity index (χ2n) is 11.0. The molecule has 7 heteroatoms. The maximum atomic E-state index is 12.1. The molecule has 5 nitrogen and oxygen atoms in total. The molecular formula is C28H33Cl2NO4. The van der Waals surface area contributed by atoms with Crippen molar-refractivity contribution >= 4 is 29.2 Å². The first-order chi connectivity index (χ1) is 16.6. The van der Waals surface area contributed by atoms with E-state index in [9.17, 15) is 4.79 Å². The quantitative estimate of drug-likeness (QED) is 0.422. The van der Waals surface area contributed by atoms with Gasteiger partial charge in [0.2, 0.25) is 0 Å². The first-order valence-electron chi connectivity index (χ1n) is 12.5. The van der Waals surface area contributed by atoms with Crippen molar-refractivity contribution in [2.24, 2.45) is 0 Å². The molecule has 1 saturated heterocycles. The number of halogens is 2. The summed E-state index contributed by atoms with van der Waals surface area (Å²) in [7, 11) is 0. The Labute approximate surface area is 217 Å². The van der Waals surface area contributed by atoms with Crippen LogP contribution in [-0.4, -0.2) is 42.7 Å². The number of nitrogens with zero attached hydrogens (tertiary/aromatic N) is 1. The monoisotopic (exact) mass is 517 g/mol. The number of benzene rings is 2. The minimum atomic E-state index is -0.433. The highest BCUT2D eigenvalue weighted by atomic mass is 35.5. The van der Waals surface area contributed by atoms with Crippen LogP contribution in [0.3, 0.4) is 0 Å². The number of esters is 1. The zero-order chi connectivity index (χ0) is 24.8. The van der Waals surface area contributed by atoms with Crippen molar-refractivity contribution < 1.29 is 19.0 Å². The lowest BCUT2D eigenvalue weighted by Crippen LogP contribution is -2.44. The maximum absolute atomic E-state index is 12.1. The van der Waals surface area contributed by atoms with Gasteiger partial charge in [0.05, 0.1) is 13.0 Å². The largest absolute Gasteiger partial charge is 0.492 e. The maximum Gasteiger partial charge on any atom is 0.307 e. The number of carbonyl (C=O) groups excluding carboxylic acids is 1. The third-order valence-electron chi connectivity index (χ3n) is 7.35. The standard InChI is InChI=1S/C28H33Cl2NO4/c1-27(2,3)35-25(32)8-11-31-12-9-28(10-13-31)17-33-24-16-20(5-6-21(24)28)34-23-7-4-18-14-19(29)15-22(30)26(18)23/h5-6,14-16,23H,4,7-13,17H2,1-3H3. The number of ether oxygens (including phenoxy) is 3. The number of aryl methyl sites for hydroxylation is 1. The van der Waals surface area contributed by atoms with Gasteiger partial charge in [-0.05, 0) is 83.3 Å². The third-order valence-corrected chi connectivity index (χ3v) is 7.88. The molecule has 1 unspecified atom stereocenters. The normalized spacial score (nSPS) is 20.9. The number of hydrogen-bond acceptors (Lipinski definition) is 5. The minimum absolute atomic E-state index is 0.0380. The molecule has 1 fully saturated rings. The van der Waals surface area contributed by atoms with E-state index in [-0.39, 0.29) is 17.5 Å². The van der Waals surface area contributed by atoms with E-state index in [0.29, 0.717) is 23.1 Å². The summed E-state index contributed by atoms with van der Waals surface area (Å²) in [4.78, 5) is 14.4. The Balaban J connectivity index is 1.20. The smallest absolute Gasteiger partial charge is 0.307 e. The van der Waals surface area contributed by atoms with Crippen LogP contribution in [0.5, 0.6) is 11.5 Å². The zero-order valence-corrected chi connectivity index (χ0v) is 22.2. The van der Waals surface area contributed by atoms with Gasteiger partial charge in [-0.15, -0.1) is 0 Å². The average Bonchev–Trinajstić information content (AvgIpc) is 3.34. The predicted molar refractivity (Wildman–Crippen MR) is 138 cm³/mol. The Morgan fingerprint density at radius 3 is 2.69 bits per heavy atom. The summed E-state index contributed by atoms with van der Waals surface area (Å²) in [5, 5.41) is 1.34. The van der Waals surface area contributed by atoms with E-state index in [1.807, 2.05) is 32.9 Å². The van der Waals surface area contributed by atoms with Crippen molar-refractivity contribution in [1.29, 1.82) is 0 Å². The highest BCUT2D eigenvalue weighted by molar-refractivity contribution is 6.35. The van der Waals surface area contributed by atoms with Crippen LogP contribution in [0.1, 0.15) is 69.2 Å². The van der Waals surface area contributed by atoms with Crippen LogP contribution in [0.25, 0.3) is 0 Å². The molecule has 0 N–H and O–H groups in total. The number of hydrogen-bond donors (Lipinski definition) is 0. The van der Waals surface area contributed by atoms with Gasteiger partial charge in [-0.2, -0.15) is 0 Å². The van der Waals surface area contributed by atoms with Crippen LogP contribution >= 0.6 is 23.2 Å². The van der Waals surface area contributed by atoms with Crippen LogP contribution in [0, 0.1) is 0 Å². The van der Waals surface area contributed by atoms with Crippen LogP contribution in [0.2, 0.25) is 10.0 Å². The van der Waals surface area contributed by atoms with Gasteiger partial charge in [-0.1, -0.05) is 29.3 Å². The second kappa shape index (κ2) is 9.49. The number of likely N-dealkylation sites (tertiary alicyclic amines) is 1. The molecule has 2 aliphatic heterocycles. The van der Waals surface area contributed by atoms with Crippen molar-refractivity contribution in [3.05, 3.63) is 57.1 Å². The number of fused-ring (bicyclic) bond motifs is 3. The molecule has 0 saturated carbocycles. The highest BCUT2D eigenvalue weighted by Crippen LogP contribution is 2.48. The van der Waals surface area contributed by atoms with Crippen LogP contribution in [-0.2, 0) is 21.4 Å². The fraction of sp³-hybridized carbons (Fsp3) is 0.536. The summed E-state index contributed by atoms with van der Waals surface area (Å²) in [6.45, 7) is 9.04. The molecule has 0 radical (unpaired) electrons. The van der Waals surface area contributed by atoms with E-state index in [4.69, 9.17) is 37.4 Å². The zero-order valence-electron chi connectivity index (χ0n) is 20.7. The Morgan fingerprint density at radius 1 is 1.17 bits per heavy atom. The Morgan fingerprint density at radius 2 is 1.94 bits per heavy atom. The Kier molecular flexibility index (Phi) is 6.71. The summed E-state index contributed by atoms with van der Waals surface area (Å²) in [6.07, 6.45) is 4.18. The van der Waals surface area contributed by atoms with Gasteiger partial charge in [-0.3, -0.25) is 4.79 Å². The fourth-order valence-corrected chi connectivity index (χ4v) is 6.26. The molecule has 3 aliphatic rings. The summed E-state index contributed by atoms with van der Waals surface area (Å²) in [5.41, 5.74) is 3.09. The molecule has 35 heavy (non-hydrogen) atoms. The molecule has 0 bridgehead atoms. The molecule has 1 aliphatic carbocycles. The molecule has 2 aromatic carbocycles. The molecule has 1 atom stereocenters. The third kappa shape index (κ3) is 5.28. The lowest BCUT2D eigenvalue weighted by Gasteiger charge is -2.38. The summed E-state index contributed by atoms with van der Waals surface area (Å²) in [6, 6.07) is 10.0. The first-order valence-corrected chi connectivity index (χ1v) is 13.2. The van der Waals surface area contributed by atoms with Crippen molar-refractivity contribution in [3.63, 3.8) is 0 Å². The van der Waals surface area contributed by atoms with E-state index < -0.39 is 5.60 Å². The van der Waals surface area contributed by atoms with E-state index in [1.54, 1.807) is 6.07 Å². The predicted octanol–water partition coefficient (Wildman–Crippen LogP) is 6.52. The first kappa shape index (κ1) is 24.7. The number of carbonyl (C=O) groups is 1. The van der Waals surface area contributed by atoms with E-state index in [0.717, 1.165) is 62.4 Å². The van der Waals surface area contributed by atoms with Crippen molar-refractivity contribution in [1.82, 2.24) is 4.90 Å². The molecule has 188 valence electrons. The minimum Gasteiger partial charge on any atom is -0.492 e. The van der Waals surface area contributed by atoms with Crippen LogP contribution in [0.4, 0.5) is 0 Å². The summed E-state index contributed by atoms with van der Waals surface area (Å²) >= 11 is 12.7. The molecular weight excluding hydrogens is 485 g/mol. The van der Waals surface area contributed by atoms with Crippen LogP contribution in [0.15, 0.2) is 30.3 Å². The van der Waals surface area contributed by atoms with Gasteiger partial charge in [0.15, 0.2) is 0 Å². The van der Waals surface area contributed by atoms with E-state index >= 15 is 0 Å².